The fourth-order valence-corrected chi connectivity index (χ4v) is 5.96. The quantitative estimate of drug-likeness (QED) is 0.272. The molecule has 0 aliphatic carbocycles. The first kappa shape index (κ1) is 23.0. The molecule has 0 saturated heterocycles. The number of pyridine rings is 1. The van der Waals surface area contributed by atoms with Crippen molar-refractivity contribution in [3.05, 3.63) is 108 Å². The monoisotopic (exact) mass is 468 g/mol. The normalized spacial score (nSPS) is 11.6. The predicted molar refractivity (Wildman–Crippen MR) is 138 cm³/mol. The number of hydrogen-bond acceptors (Lipinski definition) is 4. The average Bonchev–Trinajstić information content (AvgIpc) is 2.85. The van der Waals surface area contributed by atoms with Gasteiger partial charge in [-0.2, -0.15) is 5.26 Å². The Hall–Kier alpha value is -3.20. The highest BCUT2D eigenvalue weighted by Crippen LogP contribution is 2.34. The van der Waals surface area contributed by atoms with Gasteiger partial charge in [0.2, 0.25) is 0 Å². The van der Waals surface area contributed by atoms with Crippen LogP contribution in [0.3, 0.4) is 0 Å². The van der Waals surface area contributed by atoms with Gasteiger partial charge in [0, 0.05) is 39.2 Å². The lowest BCUT2D eigenvalue weighted by molar-refractivity contribution is 0.683. The first-order valence-corrected chi connectivity index (χ1v) is 13.2. The number of benzene rings is 3. The van der Waals surface area contributed by atoms with Crippen molar-refractivity contribution in [2.45, 2.75) is 17.7 Å². The summed E-state index contributed by atoms with van der Waals surface area (Å²) in [7, 11) is -0.970. The molecule has 0 bridgehead atoms. The molecule has 0 fully saturated rings. The Morgan fingerprint density at radius 2 is 1.58 bits per heavy atom. The maximum Gasteiger partial charge on any atom is 0.115 e. The van der Waals surface area contributed by atoms with Crippen molar-refractivity contribution in [2.24, 2.45) is 0 Å². The van der Waals surface area contributed by atoms with Crippen LogP contribution in [-0.4, -0.2) is 20.7 Å². The Morgan fingerprint density at radius 3 is 2.24 bits per heavy atom. The van der Waals surface area contributed by atoms with Crippen molar-refractivity contribution in [3.63, 3.8) is 0 Å². The number of rotatable bonds is 8. The largest absolute Gasteiger partial charge is 0.259 e. The SMILES string of the molecule is Cc1ccc(-c2cc(-c3ccccc3)c(C#N)c(SCC[S@@](=O)Cc3ccccc3)n2)cc1. The van der Waals surface area contributed by atoms with Gasteiger partial charge in [-0.15, -0.1) is 11.8 Å². The third kappa shape index (κ3) is 5.98. The van der Waals surface area contributed by atoms with E-state index in [2.05, 4.69) is 37.3 Å². The fourth-order valence-electron chi connectivity index (χ4n) is 3.52. The molecule has 1 heterocycles. The average molecular weight is 469 g/mol. The maximum atomic E-state index is 12.6. The Balaban J connectivity index is 1.61. The molecule has 33 heavy (non-hydrogen) atoms. The summed E-state index contributed by atoms with van der Waals surface area (Å²) < 4.78 is 12.6. The first-order valence-electron chi connectivity index (χ1n) is 10.7. The van der Waals surface area contributed by atoms with Gasteiger partial charge in [-0.05, 0) is 24.1 Å². The topological polar surface area (TPSA) is 53.8 Å². The lowest BCUT2D eigenvalue weighted by Crippen LogP contribution is -2.04. The molecule has 164 valence electrons. The zero-order valence-electron chi connectivity index (χ0n) is 18.4. The van der Waals surface area contributed by atoms with Crippen LogP contribution in [0.4, 0.5) is 0 Å². The molecule has 1 atom stereocenters. The molecule has 5 heteroatoms. The van der Waals surface area contributed by atoms with Gasteiger partial charge in [0.15, 0.2) is 0 Å². The number of aryl methyl sites for hydroxylation is 1. The van der Waals surface area contributed by atoms with E-state index in [1.807, 2.05) is 66.7 Å². The highest BCUT2D eigenvalue weighted by molar-refractivity contribution is 8.00. The van der Waals surface area contributed by atoms with Gasteiger partial charge in [0.1, 0.15) is 11.1 Å². The van der Waals surface area contributed by atoms with Gasteiger partial charge in [-0.25, -0.2) is 4.98 Å². The molecule has 0 aliphatic rings. The van der Waals surface area contributed by atoms with Crippen molar-refractivity contribution in [2.75, 3.05) is 11.5 Å². The molecule has 0 saturated carbocycles. The molecule has 4 aromatic rings. The molecule has 0 radical (unpaired) electrons. The van der Waals surface area contributed by atoms with Crippen molar-refractivity contribution in [1.29, 1.82) is 5.26 Å². The lowest BCUT2D eigenvalue weighted by atomic mass is 9.99. The molecule has 3 nitrogen and oxygen atoms in total. The summed E-state index contributed by atoms with van der Waals surface area (Å²) in [6, 6.07) is 32.4. The van der Waals surface area contributed by atoms with Crippen molar-refractivity contribution < 1.29 is 4.21 Å². The van der Waals surface area contributed by atoms with E-state index in [0.29, 0.717) is 27.8 Å². The number of aromatic nitrogens is 1. The third-order valence-electron chi connectivity index (χ3n) is 5.25. The summed E-state index contributed by atoms with van der Waals surface area (Å²) in [5, 5.41) is 10.7. The lowest BCUT2D eigenvalue weighted by Gasteiger charge is -2.13. The van der Waals surface area contributed by atoms with Gasteiger partial charge >= 0.3 is 0 Å². The van der Waals surface area contributed by atoms with E-state index in [9.17, 15) is 9.47 Å². The highest BCUT2D eigenvalue weighted by Gasteiger charge is 2.16. The Kier molecular flexibility index (Phi) is 7.72. The number of thioether (sulfide) groups is 1. The molecule has 0 aliphatic heterocycles. The molecular weight excluding hydrogens is 444 g/mol. The van der Waals surface area contributed by atoms with E-state index in [0.717, 1.165) is 27.9 Å². The molecule has 0 spiro atoms. The van der Waals surface area contributed by atoms with Crippen molar-refractivity contribution >= 4 is 22.6 Å². The summed E-state index contributed by atoms with van der Waals surface area (Å²) in [6.07, 6.45) is 0. The Labute approximate surface area is 202 Å². The van der Waals surface area contributed by atoms with Crippen molar-refractivity contribution in [1.82, 2.24) is 4.98 Å². The predicted octanol–water partition coefficient (Wildman–Crippen LogP) is 6.64. The number of hydrogen-bond donors (Lipinski definition) is 0. The van der Waals surface area contributed by atoms with Crippen LogP contribution >= 0.6 is 11.8 Å². The number of nitriles is 1. The summed E-state index contributed by atoms with van der Waals surface area (Å²) in [5.41, 5.74) is 6.53. The smallest absolute Gasteiger partial charge is 0.115 e. The van der Waals surface area contributed by atoms with E-state index in [-0.39, 0.29) is 0 Å². The molecule has 0 unspecified atom stereocenters. The summed E-state index contributed by atoms with van der Waals surface area (Å²) in [6.45, 7) is 2.06. The van der Waals surface area contributed by atoms with E-state index in [1.165, 1.54) is 17.3 Å². The molecule has 4 rings (SSSR count). The van der Waals surface area contributed by atoms with E-state index in [1.54, 1.807) is 0 Å². The summed E-state index contributed by atoms with van der Waals surface area (Å²) in [4.78, 5) is 4.85. The fraction of sp³-hybridized carbons (Fsp3) is 0.143. The summed E-state index contributed by atoms with van der Waals surface area (Å²) in [5.74, 6) is 1.72. The Morgan fingerprint density at radius 1 is 0.909 bits per heavy atom. The van der Waals surface area contributed by atoms with E-state index in [4.69, 9.17) is 4.98 Å². The minimum Gasteiger partial charge on any atom is -0.259 e. The van der Waals surface area contributed by atoms with Gasteiger partial charge in [-0.1, -0.05) is 90.5 Å². The highest BCUT2D eigenvalue weighted by atomic mass is 32.2. The van der Waals surface area contributed by atoms with Crippen LogP contribution in [0.5, 0.6) is 0 Å². The molecular formula is C28H24N2OS2. The third-order valence-corrected chi connectivity index (χ3v) is 7.80. The molecule has 3 aromatic carbocycles. The minimum atomic E-state index is -0.970. The van der Waals surface area contributed by atoms with E-state index < -0.39 is 10.8 Å². The van der Waals surface area contributed by atoms with Gasteiger partial charge in [0.25, 0.3) is 0 Å². The number of nitrogens with zero attached hydrogens (tertiary/aromatic N) is 2. The standard InChI is InChI=1S/C28H24N2OS2/c1-21-12-14-24(15-13-21)27-18-25(23-10-6-3-7-11-23)26(19-29)28(30-27)32-16-17-33(31)20-22-8-4-2-5-9-22/h2-15,18H,16-17,20H2,1H3/t33-/m1/s1. The van der Waals surface area contributed by atoms with Gasteiger partial charge in [0.05, 0.1) is 11.3 Å². The van der Waals surface area contributed by atoms with Crippen LogP contribution < -0.4 is 0 Å². The second-order valence-corrected chi connectivity index (χ2v) is 10.4. The zero-order chi connectivity index (χ0) is 23.0. The maximum absolute atomic E-state index is 12.6. The van der Waals surface area contributed by atoms with Crippen LogP contribution in [0.25, 0.3) is 22.4 Å². The second kappa shape index (κ2) is 11.1. The van der Waals surface area contributed by atoms with Crippen LogP contribution in [0, 0.1) is 18.3 Å². The van der Waals surface area contributed by atoms with Gasteiger partial charge < -0.3 is 0 Å². The van der Waals surface area contributed by atoms with Crippen LogP contribution in [-0.2, 0) is 16.6 Å². The molecule has 1 aromatic heterocycles. The molecule has 0 N–H and O–H groups in total. The first-order chi connectivity index (χ1) is 16.1. The van der Waals surface area contributed by atoms with Crippen LogP contribution in [0.15, 0.2) is 96.0 Å². The van der Waals surface area contributed by atoms with E-state index >= 15 is 0 Å². The molecule has 0 amide bonds. The zero-order valence-corrected chi connectivity index (χ0v) is 20.0. The van der Waals surface area contributed by atoms with Gasteiger partial charge in [-0.3, -0.25) is 4.21 Å². The van der Waals surface area contributed by atoms with Crippen LogP contribution in [0.2, 0.25) is 0 Å². The Bertz CT molecular complexity index is 1280. The van der Waals surface area contributed by atoms with Crippen molar-refractivity contribution in [3.8, 4) is 28.5 Å². The minimum absolute atomic E-state index is 0.540. The summed E-state index contributed by atoms with van der Waals surface area (Å²) >= 11 is 1.50. The second-order valence-electron chi connectivity index (χ2n) is 7.70. The van der Waals surface area contributed by atoms with Crippen LogP contribution in [0.1, 0.15) is 16.7 Å².